The van der Waals surface area contributed by atoms with Crippen molar-refractivity contribution in [3.05, 3.63) is 35.0 Å². The molecule has 0 spiro atoms. The summed E-state index contributed by atoms with van der Waals surface area (Å²) in [5.74, 6) is -3.72. The largest absolute Gasteiger partial charge is 1.00 e. The molecule has 3 rings (SSSR count). The molecule has 2 aliphatic rings. The number of amides is 2. The first-order valence-corrected chi connectivity index (χ1v) is 12.4. The molecule has 0 radical (unpaired) electrons. The van der Waals surface area contributed by atoms with Crippen LogP contribution in [0.1, 0.15) is 5.69 Å². The number of nitrogens with two attached hydrogens (primary N) is 1. The summed E-state index contributed by atoms with van der Waals surface area (Å²) < 4.78 is 8.77. The van der Waals surface area contributed by atoms with Gasteiger partial charge < -0.3 is 40.8 Å². The number of hydrogen-bond donors (Lipinski definition) is 6. The van der Waals surface area contributed by atoms with Crippen molar-refractivity contribution in [3.8, 4) is 0 Å². The van der Waals surface area contributed by atoms with E-state index in [1.165, 1.54) is 23.2 Å². The Morgan fingerprint density at radius 3 is 2.50 bits per heavy atom. The van der Waals surface area contributed by atoms with Crippen LogP contribution in [0.3, 0.4) is 0 Å². The number of aromatic nitrogens is 1. The number of carboxylic acids is 2. The van der Waals surface area contributed by atoms with E-state index in [-0.39, 0.29) is 91.1 Å². The summed E-state index contributed by atoms with van der Waals surface area (Å²) in [5, 5.41) is 25.0. The third kappa shape index (κ3) is 8.96. The van der Waals surface area contributed by atoms with E-state index in [0.29, 0.717) is 11.3 Å². The Balaban J connectivity index is 0.000000983. The quantitative estimate of drug-likeness (QED) is 0.0648. The Morgan fingerprint density at radius 1 is 1.42 bits per heavy atom. The van der Waals surface area contributed by atoms with E-state index in [9.17, 15) is 24.3 Å². The van der Waals surface area contributed by atoms with Gasteiger partial charge in [-0.3, -0.25) is 19.1 Å². The Morgan fingerprint density at radius 2 is 2.03 bits per heavy atom. The number of β-lactam (4-membered cyclic amide) rings is 1. The first-order valence-electron chi connectivity index (χ1n) is 8.98. The van der Waals surface area contributed by atoms with E-state index in [2.05, 4.69) is 26.9 Å². The van der Waals surface area contributed by atoms with E-state index < -0.39 is 49.6 Å². The fourth-order valence-corrected chi connectivity index (χ4v) is 4.65. The van der Waals surface area contributed by atoms with Gasteiger partial charge in [0.15, 0.2) is 10.8 Å². The molecular weight excluding hydrogens is 666 g/mol. The van der Waals surface area contributed by atoms with Gasteiger partial charge in [-0.05, 0) is 5.57 Å². The fourth-order valence-electron chi connectivity index (χ4n) is 2.76. The van der Waals surface area contributed by atoms with Crippen LogP contribution in [0, 0.1) is 0 Å². The van der Waals surface area contributed by atoms with E-state index >= 15 is 0 Å². The molecule has 16 nitrogen and oxygen atoms in total. The number of hydrogen-bond acceptors (Lipinski definition) is 12. The van der Waals surface area contributed by atoms with Gasteiger partial charge in [0.05, 0.1) is 0 Å². The number of rotatable bonds is 8. The van der Waals surface area contributed by atoms with Gasteiger partial charge in [0, 0.05) is 11.1 Å². The Hall–Kier alpha value is -1.23. The van der Waals surface area contributed by atoms with Crippen LogP contribution in [0.15, 0.2) is 34.5 Å². The van der Waals surface area contributed by atoms with Crippen LogP contribution in [0.5, 0.6) is 0 Å². The third-order valence-electron chi connectivity index (χ3n) is 4.06. The molecule has 0 bridgehead atoms. The van der Waals surface area contributed by atoms with Crippen molar-refractivity contribution in [2.24, 2.45) is 5.16 Å². The molecule has 2 amide bonds. The van der Waals surface area contributed by atoms with Crippen LogP contribution in [0.25, 0.3) is 0 Å². The molecule has 0 aliphatic carbocycles. The number of thioether (sulfide) groups is 1. The number of carbonyl (C=O) groups is 4. The number of oxime groups is 1. The average molecular weight is 683 g/mol. The number of allylic oxidation sites excluding steroid dienone is 1. The molecule has 1 aromatic rings. The van der Waals surface area contributed by atoms with Crippen LogP contribution in [0.2, 0.25) is 0 Å². The number of nitrogens with zero attached hydrogens (tertiary/aromatic N) is 3. The predicted octanol–water partition coefficient (Wildman–Crippen LogP) is -5.10. The minimum absolute atomic E-state index is 0. The molecule has 7 N–H and O–H groups in total. The summed E-state index contributed by atoms with van der Waals surface area (Å²) in [5.41, 5.74) is 5.48. The summed E-state index contributed by atoms with van der Waals surface area (Å²) >= 11 is 2.30. The summed E-state index contributed by atoms with van der Waals surface area (Å²) in [4.78, 5) is 80.0. The number of aliphatic carboxylic acids is 2. The molecule has 0 aromatic carbocycles. The van der Waals surface area contributed by atoms with E-state index in [1.807, 2.05) is 0 Å². The predicted molar refractivity (Wildman–Crippen MR) is 119 cm³/mol. The van der Waals surface area contributed by atoms with Gasteiger partial charge >= 0.3 is 80.8 Å². The SMILES string of the molecule is C=CC1=C(C(=O)O)N2C(=O)C(NC(=O)/C(=N\OCC(=O)O)c3csc(N)n3)C2SC1.O=P([O-])(O)O.[Cs+]. The molecule has 2 atom stereocenters. The van der Waals surface area contributed by atoms with Gasteiger partial charge in [0.1, 0.15) is 22.8 Å². The summed E-state index contributed by atoms with van der Waals surface area (Å²) in [7, 11) is -4.89. The maximum absolute atomic E-state index is 12.7. The van der Waals surface area contributed by atoms with E-state index in [4.69, 9.17) is 30.1 Å². The van der Waals surface area contributed by atoms with Gasteiger partial charge in [-0.1, -0.05) is 17.8 Å². The van der Waals surface area contributed by atoms with Crippen molar-refractivity contribution < 1.29 is 122 Å². The number of carbonyl (C=O) groups excluding carboxylic acids is 2. The standard InChI is InChI=1S/C16H15N5O7S2.Cs.H3O4P/c1-2-6-4-29-14-10(13(25)21(14)11(6)15(26)27)19-12(24)9(20-28-3-8(22)23)7-5-30-16(17)18-7;;1-5(2,3)4/h2,5,10,14H,1,3-4H2,(H2,17,18)(H,19,24)(H,22,23)(H,26,27);;(H3,1,2,3,4)/q;+1;/p-1/b20-9-;;. The van der Waals surface area contributed by atoms with Gasteiger partial charge in [0.2, 0.25) is 6.61 Å². The Labute approximate surface area is 269 Å². The topological polar surface area (TPSA) is 265 Å². The van der Waals surface area contributed by atoms with Crippen LogP contribution in [-0.4, -0.2) is 83.1 Å². The molecule has 3 heterocycles. The van der Waals surface area contributed by atoms with Crippen LogP contribution in [0.4, 0.5) is 5.13 Å². The molecule has 0 saturated carbocycles. The zero-order chi connectivity index (χ0) is 26.5. The molecule has 36 heavy (non-hydrogen) atoms. The summed E-state index contributed by atoms with van der Waals surface area (Å²) in [6, 6.07) is -1.01. The second-order valence-corrected chi connectivity index (χ2v) is 9.39. The average Bonchev–Trinajstić information content (AvgIpc) is 3.17. The van der Waals surface area contributed by atoms with Crippen molar-refractivity contribution in [1.29, 1.82) is 0 Å². The van der Waals surface area contributed by atoms with Crippen LogP contribution >= 0.6 is 30.9 Å². The first kappa shape index (κ1) is 32.8. The maximum atomic E-state index is 12.7. The second-order valence-electron chi connectivity index (χ2n) is 6.41. The van der Waals surface area contributed by atoms with Crippen molar-refractivity contribution >= 4 is 65.5 Å². The van der Waals surface area contributed by atoms with Crippen LogP contribution < -0.4 is 84.8 Å². The number of fused-ring (bicyclic) bond motifs is 1. The van der Waals surface area contributed by atoms with Crippen molar-refractivity contribution in [2.75, 3.05) is 18.1 Å². The number of thiazole rings is 1. The number of carboxylic acid groups (broad SMARTS) is 2. The number of phosphoric acid groups is 1. The Bertz CT molecular complexity index is 1160. The minimum atomic E-state index is -4.89. The monoisotopic (exact) mass is 683 g/mol. The number of nitrogens with one attached hydrogen (secondary N) is 1. The van der Waals surface area contributed by atoms with E-state index in [0.717, 1.165) is 16.2 Å². The molecule has 1 saturated heterocycles. The minimum Gasteiger partial charge on any atom is -0.756 e. The van der Waals surface area contributed by atoms with Gasteiger partial charge in [-0.15, -0.1) is 23.1 Å². The van der Waals surface area contributed by atoms with Crippen molar-refractivity contribution in [3.63, 3.8) is 0 Å². The molecule has 20 heteroatoms. The molecule has 190 valence electrons. The molecule has 1 aromatic heterocycles. The Kier molecular flexibility index (Phi) is 12.8. The van der Waals surface area contributed by atoms with Gasteiger partial charge in [-0.25, -0.2) is 14.6 Å². The van der Waals surface area contributed by atoms with Gasteiger partial charge in [-0.2, -0.15) is 0 Å². The smallest absolute Gasteiger partial charge is 0.756 e. The molecular formula is C16H17CsN5O11PS2. The molecule has 2 aliphatic heterocycles. The summed E-state index contributed by atoms with van der Waals surface area (Å²) in [6.07, 6.45) is 1.38. The number of anilines is 1. The summed E-state index contributed by atoms with van der Waals surface area (Å²) in [6.45, 7) is 2.77. The second kappa shape index (κ2) is 14.1. The fraction of sp³-hybridized carbons (Fsp3) is 0.250. The number of nitrogen functional groups attached to an aromatic ring is 1. The molecule has 1 fully saturated rings. The maximum Gasteiger partial charge on any atom is 1.00 e. The van der Waals surface area contributed by atoms with Gasteiger partial charge in [0.25, 0.3) is 19.6 Å². The molecule has 2 unspecified atom stereocenters. The zero-order valence-electron chi connectivity index (χ0n) is 18.3. The zero-order valence-corrected chi connectivity index (χ0v) is 27.1. The third-order valence-corrected chi connectivity index (χ3v) is 6.03. The normalized spacial score (nSPS) is 19.0. The van der Waals surface area contributed by atoms with Crippen LogP contribution in [-0.2, 0) is 28.6 Å². The van der Waals surface area contributed by atoms with Crippen molar-refractivity contribution in [1.82, 2.24) is 15.2 Å². The van der Waals surface area contributed by atoms with E-state index in [1.54, 1.807) is 0 Å². The first-order chi connectivity index (χ1) is 16.2. The van der Waals surface area contributed by atoms with Crippen molar-refractivity contribution in [2.45, 2.75) is 11.4 Å².